The van der Waals surface area contributed by atoms with Crippen molar-refractivity contribution in [1.29, 1.82) is 0 Å². The molecule has 3 rings (SSSR count). The van der Waals surface area contributed by atoms with Crippen molar-refractivity contribution in [3.05, 3.63) is 47.5 Å². The summed E-state index contributed by atoms with van der Waals surface area (Å²) in [5.74, 6) is 0.986. The van der Waals surface area contributed by atoms with Crippen LogP contribution in [-0.4, -0.2) is 20.2 Å². The van der Waals surface area contributed by atoms with Crippen molar-refractivity contribution in [2.24, 2.45) is 0 Å². The van der Waals surface area contributed by atoms with Gasteiger partial charge in [0.1, 0.15) is 5.75 Å². The fraction of sp³-hybridized carbons (Fsp3) is 0.333. The van der Waals surface area contributed by atoms with Crippen LogP contribution in [0.5, 0.6) is 5.75 Å². The average molecular weight is 267 g/mol. The van der Waals surface area contributed by atoms with Crippen LogP contribution in [-0.2, 0) is 6.42 Å². The van der Waals surface area contributed by atoms with E-state index in [1.165, 1.54) is 27.9 Å². The molecule has 1 aliphatic carbocycles. The Morgan fingerprint density at radius 2 is 1.75 bits per heavy atom. The molecular weight excluding hydrogens is 246 g/mol. The first-order chi connectivity index (χ1) is 9.80. The van der Waals surface area contributed by atoms with Crippen molar-refractivity contribution in [1.82, 2.24) is 0 Å². The molecule has 2 nitrogen and oxygen atoms in total. The van der Waals surface area contributed by atoms with E-state index in [0.29, 0.717) is 0 Å². The lowest BCUT2D eigenvalue weighted by Gasteiger charge is -2.26. The third-order valence-corrected chi connectivity index (χ3v) is 4.22. The van der Waals surface area contributed by atoms with Gasteiger partial charge in [-0.15, -0.1) is 0 Å². The van der Waals surface area contributed by atoms with Crippen LogP contribution in [0, 0.1) is 0 Å². The minimum atomic E-state index is 0.986. The summed E-state index contributed by atoms with van der Waals surface area (Å²) in [6.07, 6.45) is 1.01. The second-order valence-corrected chi connectivity index (χ2v) is 5.15. The van der Waals surface area contributed by atoms with Gasteiger partial charge in [-0.05, 0) is 42.2 Å². The zero-order chi connectivity index (χ0) is 14.1. The maximum Gasteiger partial charge on any atom is 0.142 e. The van der Waals surface area contributed by atoms with Gasteiger partial charge in [0.15, 0.2) is 0 Å². The molecule has 104 valence electrons. The lowest BCUT2D eigenvalue weighted by atomic mass is 10.0. The predicted molar refractivity (Wildman–Crippen MR) is 84.8 cm³/mol. The Balaban J connectivity index is 2.20. The van der Waals surface area contributed by atoms with Crippen molar-refractivity contribution in [2.75, 3.05) is 25.1 Å². The van der Waals surface area contributed by atoms with Crippen LogP contribution < -0.4 is 9.64 Å². The quantitative estimate of drug-likeness (QED) is 0.705. The fourth-order valence-corrected chi connectivity index (χ4v) is 3.23. The number of methoxy groups -OCH3 is 1. The van der Waals surface area contributed by atoms with E-state index in [4.69, 9.17) is 4.74 Å². The third kappa shape index (κ3) is 1.87. The molecule has 0 radical (unpaired) electrons. The molecule has 0 amide bonds. The Bertz CT molecular complexity index is 629. The summed E-state index contributed by atoms with van der Waals surface area (Å²) in [6.45, 7) is 6.40. The van der Waals surface area contributed by atoms with Gasteiger partial charge in [-0.25, -0.2) is 0 Å². The second kappa shape index (κ2) is 5.20. The smallest absolute Gasteiger partial charge is 0.142 e. The number of ether oxygens (including phenoxy) is 1. The fourth-order valence-electron chi connectivity index (χ4n) is 3.23. The van der Waals surface area contributed by atoms with Gasteiger partial charge in [-0.2, -0.15) is 0 Å². The van der Waals surface area contributed by atoms with E-state index < -0.39 is 0 Å². The molecule has 0 aliphatic heterocycles. The lowest BCUT2D eigenvalue weighted by molar-refractivity contribution is 0.414. The molecule has 0 saturated heterocycles. The summed E-state index contributed by atoms with van der Waals surface area (Å²) < 4.78 is 5.61. The summed E-state index contributed by atoms with van der Waals surface area (Å²) in [6, 6.07) is 13.0. The van der Waals surface area contributed by atoms with Gasteiger partial charge in [0.2, 0.25) is 0 Å². The first kappa shape index (κ1) is 13.0. The summed E-state index contributed by atoms with van der Waals surface area (Å²) in [5.41, 5.74) is 6.84. The highest BCUT2D eigenvalue weighted by Crippen LogP contribution is 2.45. The summed E-state index contributed by atoms with van der Waals surface area (Å²) in [4.78, 5) is 2.39. The van der Waals surface area contributed by atoms with Crippen LogP contribution in [0.2, 0.25) is 0 Å². The zero-order valence-electron chi connectivity index (χ0n) is 12.4. The second-order valence-electron chi connectivity index (χ2n) is 5.15. The van der Waals surface area contributed by atoms with E-state index in [9.17, 15) is 0 Å². The van der Waals surface area contributed by atoms with E-state index in [1.807, 2.05) is 0 Å². The van der Waals surface area contributed by atoms with Crippen molar-refractivity contribution in [3.8, 4) is 16.9 Å². The van der Waals surface area contributed by atoms with Gasteiger partial charge in [0.05, 0.1) is 12.8 Å². The molecule has 0 heterocycles. The maximum atomic E-state index is 5.61. The van der Waals surface area contributed by atoms with E-state index in [1.54, 1.807) is 7.11 Å². The molecule has 0 atom stereocenters. The largest absolute Gasteiger partial charge is 0.495 e. The topological polar surface area (TPSA) is 12.5 Å². The Morgan fingerprint density at radius 3 is 2.45 bits per heavy atom. The van der Waals surface area contributed by atoms with Crippen molar-refractivity contribution < 1.29 is 4.74 Å². The lowest BCUT2D eigenvalue weighted by Crippen LogP contribution is -2.23. The first-order valence-electron chi connectivity index (χ1n) is 7.33. The highest BCUT2D eigenvalue weighted by molar-refractivity contribution is 5.85. The standard InChI is InChI=1S/C18H21NO/c1-4-19(5-2)18-16-12-13-8-6-7-9-14(13)15(16)10-11-17(18)20-3/h6-11H,4-5,12H2,1-3H3. The molecule has 2 aromatic carbocycles. The van der Waals surface area contributed by atoms with E-state index in [-0.39, 0.29) is 0 Å². The molecule has 20 heavy (non-hydrogen) atoms. The molecule has 0 N–H and O–H groups in total. The van der Waals surface area contributed by atoms with Gasteiger partial charge in [0.25, 0.3) is 0 Å². The predicted octanol–water partition coefficient (Wildman–Crippen LogP) is 4.11. The number of hydrogen-bond acceptors (Lipinski definition) is 2. The summed E-state index contributed by atoms with van der Waals surface area (Å²) >= 11 is 0. The maximum absolute atomic E-state index is 5.61. The number of fused-ring (bicyclic) bond motifs is 3. The van der Waals surface area contributed by atoms with Crippen LogP contribution in [0.1, 0.15) is 25.0 Å². The third-order valence-electron chi connectivity index (χ3n) is 4.22. The molecule has 0 bridgehead atoms. The van der Waals surface area contributed by atoms with Crippen LogP contribution in [0.3, 0.4) is 0 Å². The van der Waals surface area contributed by atoms with Gasteiger partial charge in [-0.3, -0.25) is 0 Å². The van der Waals surface area contributed by atoms with Gasteiger partial charge in [-0.1, -0.05) is 30.3 Å². The molecule has 2 aromatic rings. The van der Waals surface area contributed by atoms with Gasteiger partial charge >= 0.3 is 0 Å². The normalized spacial score (nSPS) is 11.9. The minimum Gasteiger partial charge on any atom is -0.495 e. The Kier molecular flexibility index (Phi) is 3.39. The summed E-state index contributed by atoms with van der Waals surface area (Å²) in [5, 5.41) is 0. The number of hydrogen-bond donors (Lipinski definition) is 0. The molecule has 0 aromatic heterocycles. The number of nitrogens with zero attached hydrogens (tertiary/aromatic N) is 1. The number of benzene rings is 2. The van der Waals surface area contributed by atoms with Crippen LogP contribution in [0.15, 0.2) is 36.4 Å². The van der Waals surface area contributed by atoms with E-state index in [2.05, 4.69) is 55.1 Å². The highest BCUT2D eigenvalue weighted by atomic mass is 16.5. The monoisotopic (exact) mass is 267 g/mol. The molecule has 0 saturated carbocycles. The van der Waals surface area contributed by atoms with Crippen LogP contribution >= 0.6 is 0 Å². The summed E-state index contributed by atoms with van der Waals surface area (Å²) in [7, 11) is 1.76. The Morgan fingerprint density at radius 1 is 1.00 bits per heavy atom. The van der Waals surface area contributed by atoms with Crippen LogP contribution in [0.4, 0.5) is 5.69 Å². The molecule has 2 heteroatoms. The SMILES string of the molecule is CCN(CC)c1c(OC)ccc2c1Cc1ccccc1-2. The molecule has 0 fully saturated rings. The van der Waals surface area contributed by atoms with Crippen molar-refractivity contribution in [3.63, 3.8) is 0 Å². The van der Waals surface area contributed by atoms with Crippen molar-refractivity contribution >= 4 is 5.69 Å². The highest BCUT2D eigenvalue weighted by Gasteiger charge is 2.25. The minimum absolute atomic E-state index is 0.986. The van der Waals surface area contributed by atoms with Gasteiger partial charge in [0, 0.05) is 19.5 Å². The molecule has 0 unspecified atom stereocenters. The van der Waals surface area contributed by atoms with E-state index in [0.717, 1.165) is 25.3 Å². The van der Waals surface area contributed by atoms with Crippen LogP contribution in [0.25, 0.3) is 11.1 Å². The van der Waals surface area contributed by atoms with E-state index >= 15 is 0 Å². The Hall–Kier alpha value is -1.96. The van der Waals surface area contributed by atoms with Gasteiger partial charge < -0.3 is 9.64 Å². The molecule has 0 spiro atoms. The molecule has 1 aliphatic rings. The number of rotatable bonds is 4. The first-order valence-corrected chi connectivity index (χ1v) is 7.33. The molecular formula is C18H21NO. The zero-order valence-corrected chi connectivity index (χ0v) is 12.4. The average Bonchev–Trinajstić information content (AvgIpc) is 2.87. The van der Waals surface area contributed by atoms with Crippen molar-refractivity contribution in [2.45, 2.75) is 20.3 Å². The Labute approximate surface area is 121 Å². The number of anilines is 1.